The third kappa shape index (κ3) is 3.28. The van der Waals surface area contributed by atoms with Gasteiger partial charge < -0.3 is 15.5 Å². The Bertz CT molecular complexity index is 605. The van der Waals surface area contributed by atoms with Crippen LogP contribution in [0.3, 0.4) is 0 Å². The molecule has 1 heterocycles. The molecule has 102 valence electrons. The number of nitrogens with two attached hydrogens (primary N) is 1. The Hall–Kier alpha value is -1.97. The summed E-state index contributed by atoms with van der Waals surface area (Å²) in [6.07, 6.45) is 0. The van der Waals surface area contributed by atoms with Crippen molar-refractivity contribution in [1.82, 2.24) is 5.32 Å². The Kier molecular flexibility index (Phi) is 3.51. The molecule has 0 unspecified atom stereocenters. The van der Waals surface area contributed by atoms with Gasteiger partial charge in [-0.25, -0.2) is 4.99 Å². The van der Waals surface area contributed by atoms with E-state index in [4.69, 9.17) is 10.2 Å². The first-order chi connectivity index (χ1) is 8.87. The molecule has 0 bridgehead atoms. The van der Waals surface area contributed by atoms with Crippen LogP contribution in [0.15, 0.2) is 33.7 Å². The molecule has 1 aromatic carbocycles. The summed E-state index contributed by atoms with van der Waals surface area (Å²) in [5.41, 5.74) is 7.79. The SMILES string of the molecule is Cc1c(CN=C(N)NC(C)(C)C)oc2ccccc12. The summed E-state index contributed by atoms with van der Waals surface area (Å²) < 4.78 is 5.79. The maximum atomic E-state index is 5.85. The molecule has 4 nitrogen and oxygen atoms in total. The molecule has 0 fully saturated rings. The summed E-state index contributed by atoms with van der Waals surface area (Å²) in [7, 11) is 0. The van der Waals surface area contributed by atoms with Crippen LogP contribution >= 0.6 is 0 Å². The van der Waals surface area contributed by atoms with E-state index in [0.717, 1.165) is 22.3 Å². The number of nitrogens with one attached hydrogen (secondary N) is 1. The zero-order valence-electron chi connectivity index (χ0n) is 11.9. The van der Waals surface area contributed by atoms with E-state index in [0.29, 0.717) is 12.5 Å². The molecule has 3 N–H and O–H groups in total. The van der Waals surface area contributed by atoms with Crippen LogP contribution in [0.4, 0.5) is 0 Å². The number of nitrogens with zero attached hydrogens (tertiary/aromatic N) is 1. The number of aliphatic imine (C=N–C) groups is 1. The highest BCUT2D eigenvalue weighted by Gasteiger charge is 2.11. The smallest absolute Gasteiger partial charge is 0.189 e. The van der Waals surface area contributed by atoms with Crippen LogP contribution in [0.2, 0.25) is 0 Å². The van der Waals surface area contributed by atoms with Crippen LogP contribution in [-0.4, -0.2) is 11.5 Å². The van der Waals surface area contributed by atoms with E-state index in [1.165, 1.54) is 0 Å². The summed E-state index contributed by atoms with van der Waals surface area (Å²) in [6.45, 7) is 8.63. The highest BCUT2D eigenvalue weighted by molar-refractivity contribution is 5.82. The number of benzene rings is 1. The van der Waals surface area contributed by atoms with Crippen LogP contribution in [0.1, 0.15) is 32.1 Å². The summed E-state index contributed by atoms with van der Waals surface area (Å²) >= 11 is 0. The summed E-state index contributed by atoms with van der Waals surface area (Å²) in [6, 6.07) is 7.99. The fourth-order valence-corrected chi connectivity index (χ4v) is 1.96. The third-order valence-electron chi connectivity index (χ3n) is 2.84. The Morgan fingerprint density at radius 1 is 1.32 bits per heavy atom. The van der Waals surface area contributed by atoms with Gasteiger partial charge in [-0.2, -0.15) is 0 Å². The summed E-state index contributed by atoms with van der Waals surface area (Å²) in [5, 5.41) is 4.26. The van der Waals surface area contributed by atoms with Crippen molar-refractivity contribution >= 4 is 16.9 Å². The van der Waals surface area contributed by atoms with Crippen LogP contribution in [0, 0.1) is 6.92 Å². The fourth-order valence-electron chi connectivity index (χ4n) is 1.96. The van der Waals surface area contributed by atoms with Gasteiger partial charge in [0.1, 0.15) is 17.9 Å². The minimum absolute atomic E-state index is 0.0868. The lowest BCUT2D eigenvalue weighted by Crippen LogP contribution is -2.44. The number of fused-ring (bicyclic) bond motifs is 1. The van der Waals surface area contributed by atoms with Gasteiger partial charge in [0.2, 0.25) is 0 Å². The van der Waals surface area contributed by atoms with Crippen LogP contribution < -0.4 is 11.1 Å². The average Bonchev–Trinajstić information content (AvgIpc) is 2.62. The second-order valence-corrected chi connectivity index (χ2v) is 5.72. The first kappa shape index (κ1) is 13.5. The van der Waals surface area contributed by atoms with E-state index < -0.39 is 0 Å². The van der Waals surface area contributed by atoms with Crippen LogP contribution in [0.25, 0.3) is 11.0 Å². The molecular formula is C15H21N3O. The van der Waals surface area contributed by atoms with Gasteiger partial charge in [-0.15, -0.1) is 0 Å². The molecule has 2 rings (SSSR count). The minimum atomic E-state index is -0.0868. The topological polar surface area (TPSA) is 63.5 Å². The van der Waals surface area contributed by atoms with Gasteiger partial charge in [0, 0.05) is 16.5 Å². The van der Waals surface area contributed by atoms with Crippen LogP contribution in [0.5, 0.6) is 0 Å². The number of para-hydroxylation sites is 1. The summed E-state index contributed by atoms with van der Waals surface area (Å²) in [4.78, 5) is 4.33. The molecule has 4 heteroatoms. The third-order valence-corrected chi connectivity index (χ3v) is 2.84. The molecule has 0 saturated heterocycles. The molecule has 0 aliphatic heterocycles. The molecule has 0 saturated carbocycles. The van der Waals surface area contributed by atoms with E-state index in [9.17, 15) is 0 Å². The highest BCUT2D eigenvalue weighted by atomic mass is 16.3. The van der Waals surface area contributed by atoms with E-state index in [1.54, 1.807) is 0 Å². The monoisotopic (exact) mass is 259 g/mol. The van der Waals surface area contributed by atoms with Crippen molar-refractivity contribution in [2.45, 2.75) is 39.8 Å². The number of hydrogen-bond donors (Lipinski definition) is 2. The predicted octanol–water partition coefficient (Wildman–Crippen LogP) is 2.94. The maximum Gasteiger partial charge on any atom is 0.189 e. The standard InChI is InChI=1S/C15H21N3O/c1-10-11-7-5-6-8-12(11)19-13(10)9-17-14(16)18-15(2,3)4/h5-8H,9H2,1-4H3,(H3,16,17,18). The first-order valence-corrected chi connectivity index (χ1v) is 6.42. The van der Waals surface area contributed by atoms with Crippen molar-refractivity contribution in [2.75, 3.05) is 0 Å². The van der Waals surface area contributed by atoms with E-state index in [-0.39, 0.29) is 5.54 Å². The van der Waals surface area contributed by atoms with Crippen molar-refractivity contribution in [3.8, 4) is 0 Å². The Labute approximate surface area is 113 Å². The lowest BCUT2D eigenvalue weighted by atomic mass is 10.1. The second kappa shape index (κ2) is 4.96. The molecule has 1 aromatic heterocycles. The maximum absolute atomic E-state index is 5.85. The van der Waals surface area contributed by atoms with Gasteiger partial charge in [0.25, 0.3) is 0 Å². The number of rotatable bonds is 2. The Balaban J connectivity index is 2.18. The molecule has 0 aliphatic rings. The lowest BCUT2D eigenvalue weighted by molar-refractivity contribution is 0.505. The molecule has 0 atom stereocenters. The molecule has 0 spiro atoms. The number of hydrogen-bond acceptors (Lipinski definition) is 2. The van der Waals surface area contributed by atoms with Crippen molar-refractivity contribution in [1.29, 1.82) is 0 Å². The van der Waals surface area contributed by atoms with Gasteiger partial charge in [-0.3, -0.25) is 0 Å². The molecule has 19 heavy (non-hydrogen) atoms. The van der Waals surface area contributed by atoms with E-state index in [1.807, 2.05) is 45.9 Å². The van der Waals surface area contributed by atoms with Crippen molar-refractivity contribution in [3.63, 3.8) is 0 Å². The number of guanidine groups is 1. The Morgan fingerprint density at radius 2 is 2.00 bits per heavy atom. The molecule has 2 aromatic rings. The average molecular weight is 259 g/mol. The second-order valence-electron chi connectivity index (χ2n) is 5.72. The predicted molar refractivity (Wildman–Crippen MR) is 79.2 cm³/mol. The van der Waals surface area contributed by atoms with Crippen LogP contribution in [-0.2, 0) is 6.54 Å². The molecule has 0 amide bonds. The zero-order chi connectivity index (χ0) is 14.0. The first-order valence-electron chi connectivity index (χ1n) is 6.42. The lowest BCUT2D eigenvalue weighted by Gasteiger charge is -2.20. The van der Waals surface area contributed by atoms with Gasteiger partial charge >= 0.3 is 0 Å². The van der Waals surface area contributed by atoms with Crippen molar-refractivity contribution in [2.24, 2.45) is 10.7 Å². The summed E-state index contributed by atoms with van der Waals surface area (Å²) in [5.74, 6) is 1.30. The quantitative estimate of drug-likeness (QED) is 0.644. The molecule has 0 radical (unpaired) electrons. The van der Waals surface area contributed by atoms with Crippen molar-refractivity contribution < 1.29 is 4.42 Å². The normalized spacial score (nSPS) is 12.9. The van der Waals surface area contributed by atoms with Crippen molar-refractivity contribution in [3.05, 3.63) is 35.6 Å². The van der Waals surface area contributed by atoms with E-state index in [2.05, 4.69) is 16.4 Å². The van der Waals surface area contributed by atoms with Gasteiger partial charge in [-0.1, -0.05) is 18.2 Å². The largest absolute Gasteiger partial charge is 0.459 e. The van der Waals surface area contributed by atoms with Gasteiger partial charge in [0.15, 0.2) is 5.96 Å². The highest BCUT2D eigenvalue weighted by Crippen LogP contribution is 2.25. The zero-order valence-corrected chi connectivity index (χ0v) is 11.9. The van der Waals surface area contributed by atoms with Gasteiger partial charge in [0.05, 0.1) is 0 Å². The minimum Gasteiger partial charge on any atom is -0.459 e. The van der Waals surface area contributed by atoms with Gasteiger partial charge in [-0.05, 0) is 33.8 Å². The Morgan fingerprint density at radius 3 is 2.63 bits per heavy atom. The molecule has 0 aliphatic carbocycles. The number of furan rings is 1. The number of aryl methyl sites for hydroxylation is 1. The van der Waals surface area contributed by atoms with E-state index >= 15 is 0 Å². The fraction of sp³-hybridized carbons (Fsp3) is 0.400. The molecular weight excluding hydrogens is 238 g/mol.